The standard InChI is InChI=1S/C24H25F3N6O4/c25-24(26,27)16-11-18(29-21(34)8-10-36-20-6-1-2-7-20)13-19(12-16)30-23(35)31-22-15-33(32-37-22)14-17-5-3-4-9-28-17/h3-5,9,11-13,15,20H,1-2,6-8,10,14H2,(H2-,29,30,31,32,34,35)/p+1. The molecule has 0 bridgehead atoms. The molecule has 1 fully saturated rings. The second kappa shape index (κ2) is 11.8. The monoisotopic (exact) mass is 519 g/mol. The number of benzene rings is 1. The molecular formula is C24H26F3N6O4+. The molecule has 196 valence electrons. The van der Waals surface area contributed by atoms with Crippen LogP contribution in [0.15, 0.2) is 53.3 Å². The van der Waals surface area contributed by atoms with Gasteiger partial charge in [-0.1, -0.05) is 18.9 Å². The molecule has 10 nitrogen and oxygen atoms in total. The van der Waals surface area contributed by atoms with Crippen molar-refractivity contribution in [2.24, 2.45) is 0 Å². The second-order valence-electron chi connectivity index (χ2n) is 8.54. The van der Waals surface area contributed by atoms with Crippen molar-refractivity contribution in [2.75, 3.05) is 22.6 Å². The Bertz CT molecular complexity index is 1210. The number of urea groups is 1. The zero-order chi connectivity index (χ0) is 26.3. The average Bonchev–Trinajstić information content (AvgIpc) is 3.51. The number of halogens is 3. The molecule has 3 amide bonds. The number of amides is 3. The molecule has 3 aromatic rings. The van der Waals surface area contributed by atoms with Crippen molar-refractivity contribution in [3.8, 4) is 0 Å². The molecule has 0 saturated heterocycles. The average molecular weight is 520 g/mol. The van der Waals surface area contributed by atoms with E-state index in [-0.39, 0.29) is 42.9 Å². The summed E-state index contributed by atoms with van der Waals surface area (Å²) in [5.74, 6) is -0.525. The minimum atomic E-state index is -4.69. The summed E-state index contributed by atoms with van der Waals surface area (Å²) in [6.45, 7) is 0.469. The number of nitrogens with one attached hydrogen (secondary N) is 3. The summed E-state index contributed by atoms with van der Waals surface area (Å²) in [6, 6.07) is 7.30. The highest BCUT2D eigenvalue weighted by atomic mass is 19.4. The van der Waals surface area contributed by atoms with E-state index in [1.54, 1.807) is 18.3 Å². The normalized spacial score (nSPS) is 13.9. The number of hydrogen-bond donors (Lipinski definition) is 3. The van der Waals surface area contributed by atoms with Crippen LogP contribution < -0.4 is 20.6 Å². The van der Waals surface area contributed by atoms with Gasteiger partial charge in [0.25, 0.3) is 6.20 Å². The Morgan fingerprint density at radius 3 is 2.54 bits per heavy atom. The van der Waals surface area contributed by atoms with E-state index in [0.717, 1.165) is 37.8 Å². The van der Waals surface area contributed by atoms with Crippen LogP contribution in [0.5, 0.6) is 0 Å². The Hall–Kier alpha value is -4.00. The highest BCUT2D eigenvalue weighted by Gasteiger charge is 2.31. The molecule has 2 heterocycles. The van der Waals surface area contributed by atoms with Crippen LogP contribution in [0.3, 0.4) is 0 Å². The molecule has 0 unspecified atom stereocenters. The molecule has 1 aliphatic rings. The van der Waals surface area contributed by atoms with E-state index < -0.39 is 23.7 Å². The van der Waals surface area contributed by atoms with E-state index in [9.17, 15) is 22.8 Å². The van der Waals surface area contributed by atoms with Gasteiger partial charge in [0.1, 0.15) is 5.69 Å². The first-order valence-electron chi connectivity index (χ1n) is 11.7. The Kier molecular flexibility index (Phi) is 8.33. The van der Waals surface area contributed by atoms with Crippen LogP contribution >= 0.6 is 0 Å². The topological polar surface area (TPSA) is 122 Å². The summed E-state index contributed by atoms with van der Waals surface area (Å²) < 4.78 is 52.4. The molecule has 2 aromatic heterocycles. The highest BCUT2D eigenvalue weighted by molar-refractivity contribution is 5.99. The predicted molar refractivity (Wildman–Crippen MR) is 126 cm³/mol. The van der Waals surface area contributed by atoms with Gasteiger partial charge in [0.2, 0.25) is 17.7 Å². The van der Waals surface area contributed by atoms with Crippen LogP contribution in [0.2, 0.25) is 0 Å². The lowest BCUT2D eigenvalue weighted by Crippen LogP contribution is -2.35. The first-order valence-corrected chi connectivity index (χ1v) is 11.7. The van der Waals surface area contributed by atoms with Gasteiger partial charge in [0, 0.05) is 17.6 Å². The van der Waals surface area contributed by atoms with Crippen molar-refractivity contribution in [3.05, 3.63) is 60.0 Å². The van der Waals surface area contributed by atoms with Crippen LogP contribution in [0, 0.1) is 0 Å². The molecule has 4 rings (SSSR count). The lowest BCUT2D eigenvalue weighted by molar-refractivity contribution is -0.755. The van der Waals surface area contributed by atoms with E-state index in [1.807, 2.05) is 6.07 Å². The predicted octanol–water partition coefficient (Wildman–Crippen LogP) is 4.36. The maximum Gasteiger partial charge on any atom is 0.416 e. The second-order valence-corrected chi connectivity index (χ2v) is 8.54. The number of rotatable bonds is 9. The molecule has 1 aromatic carbocycles. The number of hydrogen-bond acceptors (Lipinski definition) is 6. The molecule has 0 spiro atoms. The van der Waals surface area contributed by atoms with E-state index in [2.05, 4.69) is 26.2 Å². The minimum absolute atomic E-state index is 0.0000115. The minimum Gasteiger partial charge on any atom is -0.378 e. The van der Waals surface area contributed by atoms with Gasteiger partial charge in [-0.2, -0.15) is 13.2 Å². The fourth-order valence-corrected chi connectivity index (χ4v) is 3.87. The van der Waals surface area contributed by atoms with E-state index >= 15 is 0 Å². The van der Waals surface area contributed by atoms with Gasteiger partial charge >= 0.3 is 18.1 Å². The Labute approximate surface area is 210 Å². The van der Waals surface area contributed by atoms with E-state index in [4.69, 9.17) is 9.26 Å². The van der Waals surface area contributed by atoms with Gasteiger partial charge in [-0.05, 0) is 47.9 Å². The van der Waals surface area contributed by atoms with E-state index in [1.165, 1.54) is 16.9 Å². The Balaban J connectivity index is 1.36. The van der Waals surface area contributed by atoms with Crippen molar-refractivity contribution in [1.29, 1.82) is 0 Å². The van der Waals surface area contributed by atoms with Crippen LogP contribution in [0.4, 0.5) is 35.2 Å². The van der Waals surface area contributed by atoms with E-state index in [0.29, 0.717) is 5.69 Å². The third-order valence-corrected chi connectivity index (χ3v) is 5.58. The Morgan fingerprint density at radius 2 is 1.84 bits per heavy atom. The number of carbonyl (C=O) groups excluding carboxylic acids is 2. The maximum absolute atomic E-state index is 13.4. The molecule has 1 aliphatic carbocycles. The number of aromatic nitrogens is 3. The molecule has 13 heteroatoms. The molecule has 0 aliphatic heterocycles. The number of pyridine rings is 1. The van der Waals surface area contributed by atoms with Gasteiger partial charge in [-0.15, -0.1) is 0 Å². The van der Waals surface area contributed by atoms with Gasteiger partial charge in [0.05, 0.1) is 24.7 Å². The van der Waals surface area contributed by atoms with Crippen molar-refractivity contribution in [1.82, 2.24) is 10.3 Å². The summed E-state index contributed by atoms with van der Waals surface area (Å²) in [5.41, 5.74) is -0.606. The number of ether oxygens (including phenoxy) is 1. The SMILES string of the molecule is O=C(CCOC1CCCC1)Nc1cc(NC(=O)Nc2c[n+](Cc3ccccn3)no2)cc(C(F)(F)F)c1. The molecule has 1 saturated carbocycles. The van der Waals surface area contributed by atoms with Crippen LogP contribution in [0.25, 0.3) is 0 Å². The van der Waals surface area contributed by atoms with Gasteiger partial charge in [-0.3, -0.25) is 19.6 Å². The molecular weight excluding hydrogens is 493 g/mol. The first-order chi connectivity index (χ1) is 17.7. The van der Waals surface area contributed by atoms with Crippen LogP contribution in [-0.4, -0.2) is 34.9 Å². The largest absolute Gasteiger partial charge is 0.416 e. The maximum atomic E-state index is 13.4. The zero-order valence-corrected chi connectivity index (χ0v) is 19.8. The summed E-state index contributed by atoms with van der Waals surface area (Å²) in [6.07, 6.45) is 2.54. The molecule has 0 radical (unpaired) electrons. The van der Waals surface area contributed by atoms with Gasteiger partial charge in [0.15, 0.2) is 0 Å². The van der Waals surface area contributed by atoms with Crippen molar-refractivity contribution >= 4 is 29.2 Å². The van der Waals surface area contributed by atoms with Gasteiger partial charge < -0.3 is 15.4 Å². The van der Waals surface area contributed by atoms with Crippen molar-refractivity contribution < 1.29 is 36.7 Å². The number of anilines is 3. The van der Waals surface area contributed by atoms with Gasteiger partial charge in [-0.25, -0.2) is 4.79 Å². The molecule has 3 N–H and O–H groups in total. The molecule has 37 heavy (non-hydrogen) atoms. The summed E-state index contributed by atoms with van der Waals surface area (Å²) >= 11 is 0. The number of alkyl halides is 3. The highest BCUT2D eigenvalue weighted by Crippen LogP contribution is 2.33. The third-order valence-electron chi connectivity index (χ3n) is 5.58. The zero-order valence-electron chi connectivity index (χ0n) is 19.8. The first kappa shape index (κ1) is 26.1. The van der Waals surface area contributed by atoms with Crippen LogP contribution in [0.1, 0.15) is 43.4 Å². The van der Waals surface area contributed by atoms with Crippen LogP contribution in [-0.2, 0) is 22.3 Å². The Morgan fingerprint density at radius 1 is 1.08 bits per heavy atom. The summed E-state index contributed by atoms with van der Waals surface area (Å²) in [4.78, 5) is 28.8. The fraction of sp³-hybridized carbons (Fsp3) is 0.375. The summed E-state index contributed by atoms with van der Waals surface area (Å²) in [5, 5.41) is 10.9. The quantitative estimate of drug-likeness (QED) is 0.361. The smallest absolute Gasteiger partial charge is 0.378 e. The lowest BCUT2D eigenvalue weighted by atomic mass is 10.1. The summed E-state index contributed by atoms with van der Waals surface area (Å²) in [7, 11) is 0. The van der Waals surface area contributed by atoms with Crippen molar-refractivity contribution in [3.63, 3.8) is 0 Å². The number of nitrogens with zero attached hydrogens (tertiary/aromatic N) is 3. The molecule has 0 atom stereocenters. The lowest BCUT2D eigenvalue weighted by Gasteiger charge is -2.14. The number of carbonyl (C=O) groups is 2. The third kappa shape index (κ3) is 8.00. The van der Waals surface area contributed by atoms with Crippen molar-refractivity contribution in [2.45, 2.75) is 50.9 Å². The fourth-order valence-electron chi connectivity index (χ4n) is 3.87.